The number of thiocarbonyl (C=S) groups is 1. The van der Waals surface area contributed by atoms with Gasteiger partial charge in [0, 0.05) is 23.4 Å². The molecule has 0 aliphatic heterocycles. The number of carbonyl (C=O) groups is 2. The van der Waals surface area contributed by atoms with Gasteiger partial charge in [-0.05, 0) is 60.6 Å². The first-order valence-corrected chi connectivity index (χ1v) is 8.53. The molecule has 0 spiro atoms. The molecule has 0 saturated heterocycles. The van der Waals surface area contributed by atoms with Crippen LogP contribution in [-0.2, 0) is 11.2 Å². The van der Waals surface area contributed by atoms with Gasteiger partial charge >= 0.3 is 0 Å². The van der Waals surface area contributed by atoms with Crippen LogP contribution in [0.25, 0.3) is 0 Å². The van der Waals surface area contributed by atoms with Gasteiger partial charge in [0.1, 0.15) is 0 Å². The number of hydrogen-bond donors (Lipinski definition) is 3. The quantitative estimate of drug-likeness (QED) is 0.715. The largest absolute Gasteiger partial charge is 0.332 e. The van der Waals surface area contributed by atoms with Gasteiger partial charge in [-0.15, -0.1) is 0 Å². The van der Waals surface area contributed by atoms with Gasteiger partial charge in [-0.1, -0.05) is 26.0 Å². The molecule has 0 aliphatic carbocycles. The molecule has 0 aliphatic rings. The van der Waals surface area contributed by atoms with Gasteiger partial charge in [0.05, 0.1) is 0 Å². The summed E-state index contributed by atoms with van der Waals surface area (Å²) < 4.78 is 0. The molecular formula is C19H21N3O2S. The van der Waals surface area contributed by atoms with Gasteiger partial charge in [-0.25, -0.2) is 0 Å². The minimum Gasteiger partial charge on any atom is -0.332 e. The number of aryl methyl sites for hydroxylation is 1. The van der Waals surface area contributed by atoms with Crippen molar-refractivity contribution in [1.29, 1.82) is 0 Å². The predicted octanol–water partition coefficient (Wildman–Crippen LogP) is 3.72. The summed E-state index contributed by atoms with van der Waals surface area (Å²) in [6.45, 7) is 3.86. The molecule has 0 aromatic heterocycles. The van der Waals surface area contributed by atoms with E-state index in [-0.39, 0.29) is 16.9 Å². The summed E-state index contributed by atoms with van der Waals surface area (Å²) in [6.07, 6.45) is 1.35. The van der Waals surface area contributed by atoms with Crippen molar-refractivity contribution in [2.45, 2.75) is 26.7 Å². The highest BCUT2D eigenvalue weighted by molar-refractivity contribution is 7.80. The van der Waals surface area contributed by atoms with E-state index in [9.17, 15) is 9.59 Å². The van der Waals surface area contributed by atoms with Crippen LogP contribution in [0.5, 0.6) is 0 Å². The molecule has 0 radical (unpaired) electrons. The summed E-state index contributed by atoms with van der Waals surface area (Å²) in [6, 6.07) is 14.5. The van der Waals surface area contributed by atoms with Gasteiger partial charge in [0.15, 0.2) is 5.11 Å². The second-order valence-corrected chi connectivity index (χ2v) is 5.85. The zero-order valence-electron chi connectivity index (χ0n) is 14.3. The fourth-order valence-electron chi connectivity index (χ4n) is 2.12. The lowest BCUT2D eigenvalue weighted by Gasteiger charge is -2.11. The molecule has 2 rings (SSSR count). The molecule has 2 amide bonds. The summed E-state index contributed by atoms with van der Waals surface area (Å²) in [7, 11) is 0. The van der Waals surface area contributed by atoms with Crippen molar-refractivity contribution in [3.8, 4) is 0 Å². The van der Waals surface area contributed by atoms with Gasteiger partial charge in [-0.2, -0.15) is 0 Å². The van der Waals surface area contributed by atoms with Crippen molar-refractivity contribution in [2.75, 3.05) is 10.6 Å². The fraction of sp³-hybridized carbons (Fsp3) is 0.211. The summed E-state index contributed by atoms with van der Waals surface area (Å²) in [4.78, 5) is 23.5. The minimum atomic E-state index is -0.257. The van der Waals surface area contributed by atoms with Crippen molar-refractivity contribution >= 4 is 40.5 Å². The van der Waals surface area contributed by atoms with Crippen molar-refractivity contribution in [2.24, 2.45) is 0 Å². The third-order valence-electron chi connectivity index (χ3n) is 3.60. The first kappa shape index (κ1) is 18.6. The van der Waals surface area contributed by atoms with E-state index < -0.39 is 0 Å². The SMILES string of the molecule is CCC(=O)Nc1ccc(NC(=S)NC(=O)c2ccc(CC)cc2)cc1. The smallest absolute Gasteiger partial charge is 0.257 e. The maximum absolute atomic E-state index is 12.2. The van der Waals surface area contributed by atoms with Gasteiger partial charge in [0.2, 0.25) is 5.91 Å². The number of amides is 2. The third-order valence-corrected chi connectivity index (χ3v) is 3.80. The summed E-state index contributed by atoms with van der Waals surface area (Å²) in [5.41, 5.74) is 3.16. The first-order chi connectivity index (χ1) is 12.0. The van der Waals surface area contributed by atoms with Crippen LogP contribution < -0.4 is 16.0 Å². The van der Waals surface area contributed by atoms with E-state index in [2.05, 4.69) is 22.9 Å². The highest BCUT2D eigenvalue weighted by Crippen LogP contribution is 2.14. The standard InChI is InChI=1S/C19H21N3O2S/c1-3-13-5-7-14(8-6-13)18(24)22-19(25)21-16-11-9-15(10-12-16)20-17(23)4-2/h5-12H,3-4H2,1-2H3,(H,20,23)(H2,21,22,24,25). The number of anilines is 2. The number of carbonyl (C=O) groups excluding carboxylic acids is 2. The second kappa shape index (κ2) is 8.94. The lowest BCUT2D eigenvalue weighted by molar-refractivity contribution is -0.115. The molecule has 0 bridgehead atoms. The van der Waals surface area contributed by atoms with E-state index in [1.807, 2.05) is 12.1 Å². The lowest BCUT2D eigenvalue weighted by Crippen LogP contribution is -2.34. The zero-order chi connectivity index (χ0) is 18.2. The average molecular weight is 355 g/mol. The zero-order valence-corrected chi connectivity index (χ0v) is 15.1. The monoisotopic (exact) mass is 355 g/mol. The van der Waals surface area contributed by atoms with E-state index in [1.54, 1.807) is 43.3 Å². The van der Waals surface area contributed by atoms with Crippen molar-refractivity contribution in [3.05, 3.63) is 59.7 Å². The molecule has 0 saturated carbocycles. The Morgan fingerprint density at radius 2 is 1.44 bits per heavy atom. The highest BCUT2D eigenvalue weighted by atomic mass is 32.1. The molecular weight excluding hydrogens is 334 g/mol. The normalized spacial score (nSPS) is 10.0. The van der Waals surface area contributed by atoms with Crippen LogP contribution in [0.4, 0.5) is 11.4 Å². The van der Waals surface area contributed by atoms with Crippen LogP contribution in [0.15, 0.2) is 48.5 Å². The molecule has 2 aromatic rings. The van der Waals surface area contributed by atoms with Gasteiger partial charge < -0.3 is 10.6 Å². The molecule has 0 fully saturated rings. The van der Waals surface area contributed by atoms with E-state index in [0.717, 1.165) is 12.1 Å². The van der Waals surface area contributed by atoms with Crippen LogP contribution >= 0.6 is 12.2 Å². The van der Waals surface area contributed by atoms with Crippen molar-refractivity contribution < 1.29 is 9.59 Å². The molecule has 0 unspecified atom stereocenters. The molecule has 5 nitrogen and oxygen atoms in total. The topological polar surface area (TPSA) is 70.2 Å². The molecule has 2 aromatic carbocycles. The maximum atomic E-state index is 12.2. The fourth-order valence-corrected chi connectivity index (χ4v) is 2.33. The molecule has 0 heterocycles. The van der Waals surface area contributed by atoms with Crippen LogP contribution in [0, 0.1) is 0 Å². The third kappa shape index (κ3) is 5.69. The molecule has 3 N–H and O–H groups in total. The molecule has 0 atom stereocenters. The summed E-state index contributed by atoms with van der Waals surface area (Å²) in [5.74, 6) is -0.301. The number of hydrogen-bond acceptors (Lipinski definition) is 3. The first-order valence-electron chi connectivity index (χ1n) is 8.13. The minimum absolute atomic E-state index is 0.0439. The van der Waals surface area contributed by atoms with Crippen LogP contribution in [0.2, 0.25) is 0 Å². The Balaban J connectivity index is 1.90. The molecule has 6 heteroatoms. The maximum Gasteiger partial charge on any atom is 0.257 e. The Labute approximate surface area is 152 Å². The average Bonchev–Trinajstić information content (AvgIpc) is 2.63. The predicted molar refractivity (Wildman–Crippen MR) is 105 cm³/mol. The van der Waals surface area contributed by atoms with E-state index in [1.165, 1.54) is 5.56 Å². The van der Waals surface area contributed by atoms with E-state index >= 15 is 0 Å². The summed E-state index contributed by atoms with van der Waals surface area (Å²) in [5, 5.41) is 8.58. The Kier molecular flexibility index (Phi) is 6.65. The number of nitrogens with one attached hydrogen (secondary N) is 3. The van der Waals surface area contributed by atoms with E-state index in [4.69, 9.17) is 12.2 Å². The molecule has 130 valence electrons. The van der Waals surface area contributed by atoms with Crippen LogP contribution in [-0.4, -0.2) is 16.9 Å². The lowest BCUT2D eigenvalue weighted by atomic mass is 10.1. The number of rotatable bonds is 5. The van der Waals surface area contributed by atoms with Crippen LogP contribution in [0.1, 0.15) is 36.2 Å². The Morgan fingerprint density at radius 1 is 0.880 bits per heavy atom. The van der Waals surface area contributed by atoms with Gasteiger partial charge in [0.25, 0.3) is 5.91 Å². The molecule has 25 heavy (non-hydrogen) atoms. The second-order valence-electron chi connectivity index (χ2n) is 5.44. The van der Waals surface area contributed by atoms with Gasteiger partial charge in [-0.3, -0.25) is 14.9 Å². The number of benzene rings is 2. The van der Waals surface area contributed by atoms with Crippen molar-refractivity contribution in [3.63, 3.8) is 0 Å². The van der Waals surface area contributed by atoms with Crippen molar-refractivity contribution in [1.82, 2.24) is 5.32 Å². The van der Waals surface area contributed by atoms with E-state index in [0.29, 0.717) is 17.7 Å². The van der Waals surface area contributed by atoms with Crippen LogP contribution in [0.3, 0.4) is 0 Å². The Bertz CT molecular complexity index is 755. The Morgan fingerprint density at radius 3 is 1.96 bits per heavy atom. The summed E-state index contributed by atoms with van der Waals surface area (Å²) >= 11 is 5.17. The highest BCUT2D eigenvalue weighted by Gasteiger charge is 2.08. The Hall–Kier alpha value is -2.73.